The first kappa shape index (κ1) is 24.5. The number of piperidine rings is 1. The van der Waals surface area contributed by atoms with E-state index in [1.54, 1.807) is 12.3 Å². The van der Waals surface area contributed by atoms with Crippen molar-refractivity contribution in [1.29, 1.82) is 0 Å². The largest absolute Gasteiger partial charge is 0.490 e. The van der Waals surface area contributed by atoms with E-state index >= 15 is 0 Å². The molecule has 0 saturated carbocycles. The number of hydrogen-bond donors (Lipinski definition) is 2. The van der Waals surface area contributed by atoms with Crippen LogP contribution in [0.15, 0.2) is 42.9 Å². The van der Waals surface area contributed by atoms with Crippen molar-refractivity contribution < 1.29 is 37.0 Å². The average Bonchev–Trinajstić information content (AvgIpc) is 3.19. The number of carbonyl (C=O) groups is 2. The summed E-state index contributed by atoms with van der Waals surface area (Å²) in [5.74, 6) is -2.32. The smallest absolute Gasteiger partial charge is 0.475 e. The Labute approximate surface area is 186 Å². The van der Waals surface area contributed by atoms with Crippen molar-refractivity contribution in [2.75, 3.05) is 18.4 Å². The Morgan fingerprint density at radius 1 is 1.24 bits per heavy atom. The first-order chi connectivity index (χ1) is 15.6. The minimum absolute atomic E-state index is 0.00753. The number of ether oxygens (including phenoxy) is 1. The molecule has 2 aromatic rings. The summed E-state index contributed by atoms with van der Waals surface area (Å²) in [6.45, 7) is 2.17. The highest BCUT2D eigenvalue weighted by molar-refractivity contribution is 5.93. The van der Waals surface area contributed by atoms with E-state index in [1.807, 2.05) is 12.1 Å². The molecule has 4 rings (SSSR count). The number of carboxylic acids is 1. The summed E-state index contributed by atoms with van der Waals surface area (Å²) in [7, 11) is 0. The van der Waals surface area contributed by atoms with Crippen LogP contribution in [0.4, 0.5) is 23.4 Å². The maximum absolute atomic E-state index is 13.9. The Balaban J connectivity index is 0.000000383. The molecule has 0 radical (unpaired) electrons. The molecular formula is C21H22F4N4O4. The molecule has 2 saturated heterocycles. The van der Waals surface area contributed by atoms with Crippen molar-refractivity contribution in [3.8, 4) is 0 Å². The Morgan fingerprint density at radius 2 is 1.97 bits per heavy atom. The van der Waals surface area contributed by atoms with Gasteiger partial charge in [-0.25, -0.2) is 14.2 Å². The highest BCUT2D eigenvalue weighted by atomic mass is 19.4. The van der Waals surface area contributed by atoms with Crippen LogP contribution in [0, 0.1) is 11.7 Å². The molecule has 0 aliphatic carbocycles. The van der Waals surface area contributed by atoms with Gasteiger partial charge in [0.1, 0.15) is 11.9 Å². The van der Waals surface area contributed by atoms with Crippen LogP contribution in [-0.4, -0.2) is 63.3 Å². The molecule has 0 bridgehead atoms. The van der Waals surface area contributed by atoms with Crippen LogP contribution >= 0.6 is 0 Å². The van der Waals surface area contributed by atoms with Crippen molar-refractivity contribution in [2.45, 2.75) is 37.8 Å². The SMILES string of the molecule is O=C(Nc1cnccn1)[C@H]1C[C@@H]2CCN(Cc3ccccc3F)C[C@H]2O1.O=C(O)C(F)(F)F. The monoisotopic (exact) mass is 470 g/mol. The maximum Gasteiger partial charge on any atom is 0.490 e. The van der Waals surface area contributed by atoms with Gasteiger partial charge >= 0.3 is 12.1 Å². The van der Waals surface area contributed by atoms with E-state index in [1.165, 1.54) is 18.5 Å². The van der Waals surface area contributed by atoms with Gasteiger partial charge in [-0.15, -0.1) is 0 Å². The number of alkyl halides is 3. The summed E-state index contributed by atoms with van der Waals surface area (Å²) >= 11 is 0. The van der Waals surface area contributed by atoms with Gasteiger partial charge in [0, 0.05) is 31.0 Å². The fourth-order valence-electron chi connectivity index (χ4n) is 3.74. The number of likely N-dealkylation sites (tertiary alicyclic amines) is 1. The molecule has 2 aliphatic heterocycles. The van der Waals surface area contributed by atoms with Crippen molar-refractivity contribution in [1.82, 2.24) is 14.9 Å². The first-order valence-electron chi connectivity index (χ1n) is 10.1. The van der Waals surface area contributed by atoms with Gasteiger partial charge in [-0.2, -0.15) is 13.2 Å². The summed E-state index contributed by atoms with van der Waals surface area (Å²) in [5, 5.41) is 9.88. The van der Waals surface area contributed by atoms with Crippen LogP contribution in [0.2, 0.25) is 0 Å². The van der Waals surface area contributed by atoms with E-state index in [0.29, 0.717) is 36.8 Å². The predicted octanol–water partition coefficient (Wildman–Crippen LogP) is 2.87. The number of aromatic nitrogens is 2. The van der Waals surface area contributed by atoms with Crippen LogP contribution in [0.25, 0.3) is 0 Å². The van der Waals surface area contributed by atoms with Gasteiger partial charge in [0.25, 0.3) is 5.91 Å². The van der Waals surface area contributed by atoms with Crippen LogP contribution in [-0.2, 0) is 20.9 Å². The molecule has 2 aliphatic rings. The highest BCUT2D eigenvalue weighted by Crippen LogP contribution is 2.34. The van der Waals surface area contributed by atoms with Crippen LogP contribution in [0.5, 0.6) is 0 Å². The second-order valence-corrected chi connectivity index (χ2v) is 7.66. The second kappa shape index (κ2) is 10.7. The quantitative estimate of drug-likeness (QED) is 0.662. The van der Waals surface area contributed by atoms with Gasteiger partial charge in [0.05, 0.1) is 12.3 Å². The number of nitrogens with zero attached hydrogens (tertiary/aromatic N) is 3. The van der Waals surface area contributed by atoms with Crippen molar-refractivity contribution in [2.24, 2.45) is 5.92 Å². The number of rotatable bonds is 4. The molecule has 3 heterocycles. The standard InChI is InChI=1S/C19H21FN4O2.C2HF3O2/c20-15-4-2-1-3-14(15)11-24-8-5-13-9-16(26-17(13)12-24)19(25)23-18-10-21-6-7-22-18;3-2(4,5)1(6)7/h1-4,6-7,10,13,16-17H,5,8-9,11-12H2,(H,22,23,25);(H,6,7)/t13-,16+,17+;/m0./s1. The van der Waals surface area contributed by atoms with Gasteiger partial charge in [-0.1, -0.05) is 18.2 Å². The molecule has 3 atom stereocenters. The number of carbonyl (C=O) groups excluding carboxylic acids is 1. The van der Waals surface area contributed by atoms with Gasteiger partial charge in [-0.05, 0) is 31.4 Å². The summed E-state index contributed by atoms with van der Waals surface area (Å²) < 4.78 is 51.6. The number of fused-ring (bicyclic) bond motifs is 1. The van der Waals surface area contributed by atoms with E-state index in [2.05, 4.69) is 20.2 Å². The summed E-state index contributed by atoms with van der Waals surface area (Å²) in [6.07, 6.45) is 0.717. The van der Waals surface area contributed by atoms with E-state index in [0.717, 1.165) is 13.0 Å². The molecule has 0 spiro atoms. The summed E-state index contributed by atoms with van der Waals surface area (Å²) in [5.41, 5.74) is 0.695. The van der Waals surface area contributed by atoms with E-state index in [9.17, 15) is 22.4 Å². The third-order valence-corrected chi connectivity index (χ3v) is 5.34. The Bertz CT molecular complexity index is 961. The number of benzene rings is 1. The predicted molar refractivity (Wildman–Crippen MR) is 107 cm³/mol. The second-order valence-electron chi connectivity index (χ2n) is 7.66. The van der Waals surface area contributed by atoms with Gasteiger partial charge < -0.3 is 15.2 Å². The lowest BCUT2D eigenvalue weighted by molar-refractivity contribution is -0.192. The molecular weight excluding hydrogens is 448 g/mol. The molecule has 178 valence electrons. The average molecular weight is 470 g/mol. The van der Waals surface area contributed by atoms with Crippen molar-refractivity contribution >= 4 is 17.7 Å². The number of amides is 1. The van der Waals surface area contributed by atoms with E-state index in [-0.39, 0.29) is 17.8 Å². The molecule has 1 aromatic carbocycles. The zero-order chi connectivity index (χ0) is 24.0. The van der Waals surface area contributed by atoms with Gasteiger partial charge in [-0.3, -0.25) is 14.7 Å². The number of aliphatic carboxylic acids is 1. The van der Waals surface area contributed by atoms with Crippen molar-refractivity contribution in [3.05, 3.63) is 54.2 Å². The lowest BCUT2D eigenvalue weighted by atomic mass is 9.91. The fraction of sp³-hybridized carbons (Fsp3) is 0.429. The number of hydrogen-bond acceptors (Lipinski definition) is 6. The minimum Gasteiger partial charge on any atom is -0.475 e. The Kier molecular flexibility index (Phi) is 7.92. The number of carboxylic acid groups (broad SMARTS) is 1. The molecule has 0 unspecified atom stereocenters. The fourth-order valence-corrected chi connectivity index (χ4v) is 3.74. The van der Waals surface area contributed by atoms with Gasteiger partial charge in [0.2, 0.25) is 0 Å². The third-order valence-electron chi connectivity index (χ3n) is 5.34. The third kappa shape index (κ3) is 6.93. The molecule has 12 heteroatoms. The zero-order valence-corrected chi connectivity index (χ0v) is 17.3. The van der Waals surface area contributed by atoms with E-state index < -0.39 is 18.2 Å². The minimum atomic E-state index is -5.08. The number of halogens is 4. The van der Waals surface area contributed by atoms with E-state index in [4.69, 9.17) is 14.6 Å². The highest BCUT2D eigenvalue weighted by Gasteiger charge is 2.42. The van der Waals surface area contributed by atoms with Gasteiger partial charge in [0.15, 0.2) is 5.82 Å². The Hall–Kier alpha value is -3.12. The van der Waals surface area contributed by atoms with Crippen molar-refractivity contribution in [3.63, 3.8) is 0 Å². The number of anilines is 1. The zero-order valence-electron chi connectivity index (χ0n) is 17.3. The molecule has 1 aromatic heterocycles. The van der Waals surface area contributed by atoms with Crippen LogP contribution in [0.3, 0.4) is 0 Å². The normalized spacial score (nSPS) is 22.6. The Morgan fingerprint density at radius 3 is 2.61 bits per heavy atom. The molecule has 1 amide bonds. The van der Waals surface area contributed by atoms with Crippen LogP contribution in [0.1, 0.15) is 18.4 Å². The molecule has 2 fully saturated rings. The van der Waals surface area contributed by atoms with Crippen LogP contribution < -0.4 is 5.32 Å². The lowest BCUT2D eigenvalue weighted by Crippen LogP contribution is -2.42. The number of nitrogens with one attached hydrogen (secondary N) is 1. The maximum atomic E-state index is 13.9. The molecule has 2 N–H and O–H groups in total. The summed E-state index contributed by atoms with van der Waals surface area (Å²) in [4.78, 5) is 31.5. The topological polar surface area (TPSA) is 105 Å². The first-order valence-corrected chi connectivity index (χ1v) is 10.1. The molecule has 33 heavy (non-hydrogen) atoms. The lowest BCUT2D eigenvalue weighted by Gasteiger charge is -2.34. The summed E-state index contributed by atoms with van der Waals surface area (Å²) in [6, 6.07) is 6.85. The molecule has 8 nitrogen and oxygen atoms in total.